The molecule has 1 saturated heterocycles. The van der Waals surface area contributed by atoms with E-state index < -0.39 is 0 Å². The molecule has 0 spiro atoms. The van der Waals surface area contributed by atoms with Gasteiger partial charge in [-0.1, -0.05) is 12.8 Å². The number of rotatable bonds is 2. The van der Waals surface area contributed by atoms with Crippen molar-refractivity contribution in [3.63, 3.8) is 0 Å². The molecule has 0 aromatic carbocycles. The highest BCUT2D eigenvalue weighted by molar-refractivity contribution is 5.78. The summed E-state index contributed by atoms with van der Waals surface area (Å²) in [4.78, 5) is 28.9. The second kappa shape index (κ2) is 6.88. The van der Waals surface area contributed by atoms with Gasteiger partial charge in [-0.25, -0.2) is 4.68 Å². The van der Waals surface area contributed by atoms with Crippen molar-refractivity contribution in [1.29, 1.82) is 0 Å². The van der Waals surface area contributed by atoms with Crippen molar-refractivity contribution in [3.8, 4) is 0 Å². The maximum Gasteiger partial charge on any atom is 0.266 e. The van der Waals surface area contributed by atoms with Crippen molar-refractivity contribution >= 4 is 5.91 Å². The number of carbonyl (C=O) groups excluding carboxylic acids is 1. The van der Waals surface area contributed by atoms with E-state index in [9.17, 15) is 9.59 Å². The second-order valence-electron chi connectivity index (χ2n) is 7.39. The van der Waals surface area contributed by atoms with Crippen molar-refractivity contribution in [2.75, 3.05) is 26.2 Å². The van der Waals surface area contributed by atoms with Crippen molar-refractivity contribution in [1.82, 2.24) is 19.6 Å². The van der Waals surface area contributed by atoms with Crippen LogP contribution in [0.2, 0.25) is 0 Å². The van der Waals surface area contributed by atoms with Gasteiger partial charge in [0.15, 0.2) is 0 Å². The summed E-state index contributed by atoms with van der Waals surface area (Å²) in [6, 6.07) is 1.91. The molecule has 2 atom stereocenters. The molecule has 0 bridgehead atoms. The lowest BCUT2D eigenvalue weighted by Gasteiger charge is -2.44. The highest BCUT2D eigenvalue weighted by Gasteiger charge is 2.37. The monoisotopic (exact) mass is 346 g/mol. The average molecular weight is 346 g/mol. The number of hydrogen-bond donors (Lipinski definition) is 0. The van der Waals surface area contributed by atoms with Crippen LogP contribution in [-0.2, 0) is 29.5 Å². The second-order valence-corrected chi connectivity index (χ2v) is 7.39. The van der Waals surface area contributed by atoms with Crippen LogP contribution in [-0.4, -0.2) is 63.9 Å². The first-order chi connectivity index (χ1) is 12.1. The molecule has 25 heavy (non-hydrogen) atoms. The van der Waals surface area contributed by atoms with Crippen LogP contribution in [0, 0.1) is 0 Å². The van der Waals surface area contributed by atoms with Gasteiger partial charge in [0.1, 0.15) is 0 Å². The minimum absolute atomic E-state index is 0.0925. The summed E-state index contributed by atoms with van der Waals surface area (Å²) in [6.07, 6.45) is 5.51. The van der Waals surface area contributed by atoms with E-state index in [1.165, 1.54) is 17.5 Å². The Morgan fingerprint density at radius 1 is 1.32 bits per heavy atom. The van der Waals surface area contributed by atoms with Gasteiger partial charge in [0.2, 0.25) is 5.91 Å². The van der Waals surface area contributed by atoms with E-state index in [1.807, 2.05) is 4.90 Å². The maximum absolute atomic E-state index is 12.9. The fourth-order valence-corrected chi connectivity index (χ4v) is 4.37. The normalized spacial score (nSPS) is 26.8. The predicted octanol–water partition coefficient (Wildman–Crippen LogP) is 0.308. The lowest BCUT2D eigenvalue weighted by atomic mass is 9.90. The van der Waals surface area contributed by atoms with E-state index >= 15 is 0 Å². The number of aromatic nitrogens is 2. The van der Waals surface area contributed by atoms with Crippen LogP contribution in [0.3, 0.4) is 0 Å². The first kappa shape index (κ1) is 16.7. The van der Waals surface area contributed by atoms with Crippen molar-refractivity contribution in [3.05, 3.63) is 27.7 Å². The summed E-state index contributed by atoms with van der Waals surface area (Å²) in [5, 5.41) is 4.34. The number of amides is 1. The molecule has 7 heteroatoms. The Morgan fingerprint density at radius 3 is 3.04 bits per heavy atom. The van der Waals surface area contributed by atoms with Crippen LogP contribution in [0.15, 0.2) is 10.9 Å². The Balaban J connectivity index is 1.42. The summed E-state index contributed by atoms with van der Waals surface area (Å²) in [5.41, 5.74) is 1.84. The van der Waals surface area contributed by atoms with E-state index in [0.29, 0.717) is 26.2 Å². The van der Waals surface area contributed by atoms with Gasteiger partial charge in [0.25, 0.3) is 5.56 Å². The van der Waals surface area contributed by atoms with Gasteiger partial charge < -0.3 is 9.64 Å². The lowest BCUT2D eigenvalue weighted by molar-refractivity contribution is -0.150. The Bertz CT molecular complexity index is 715. The molecule has 1 amide bonds. The SMILES string of the molecule is Cn1nc2c(cc1=O)CN(CC(=O)N1CCOC3CCCCC31)CC2. The summed E-state index contributed by atoms with van der Waals surface area (Å²) in [7, 11) is 1.68. The molecule has 7 nitrogen and oxygen atoms in total. The number of fused-ring (bicyclic) bond motifs is 2. The summed E-state index contributed by atoms with van der Waals surface area (Å²) in [6.45, 7) is 3.20. The van der Waals surface area contributed by atoms with Crippen LogP contribution < -0.4 is 5.56 Å². The third-order valence-corrected chi connectivity index (χ3v) is 5.73. The molecule has 3 heterocycles. The molecule has 1 aliphatic carbocycles. The van der Waals surface area contributed by atoms with E-state index in [0.717, 1.165) is 37.1 Å². The summed E-state index contributed by atoms with van der Waals surface area (Å²) < 4.78 is 7.26. The highest BCUT2D eigenvalue weighted by Crippen LogP contribution is 2.28. The van der Waals surface area contributed by atoms with Gasteiger partial charge in [-0.2, -0.15) is 5.10 Å². The van der Waals surface area contributed by atoms with Gasteiger partial charge in [-0.15, -0.1) is 0 Å². The zero-order valence-electron chi connectivity index (χ0n) is 14.8. The Labute approximate surface area is 147 Å². The predicted molar refractivity (Wildman–Crippen MR) is 92.2 cm³/mol. The number of aryl methyl sites for hydroxylation is 1. The molecule has 2 aliphatic heterocycles. The number of carbonyl (C=O) groups is 1. The van der Waals surface area contributed by atoms with Gasteiger partial charge >= 0.3 is 0 Å². The molecule has 0 radical (unpaired) electrons. The molecule has 0 N–H and O–H groups in total. The molecular weight excluding hydrogens is 320 g/mol. The zero-order valence-corrected chi connectivity index (χ0v) is 14.8. The fraction of sp³-hybridized carbons (Fsp3) is 0.722. The van der Waals surface area contributed by atoms with Crippen LogP contribution in [0.4, 0.5) is 0 Å². The number of hydrogen-bond acceptors (Lipinski definition) is 5. The van der Waals surface area contributed by atoms with Crippen LogP contribution >= 0.6 is 0 Å². The number of ether oxygens (including phenoxy) is 1. The Kier molecular flexibility index (Phi) is 4.60. The number of morpholine rings is 1. The quantitative estimate of drug-likeness (QED) is 0.771. The lowest BCUT2D eigenvalue weighted by Crippen LogP contribution is -2.57. The summed E-state index contributed by atoms with van der Waals surface area (Å²) >= 11 is 0. The van der Waals surface area contributed by atoms with Crippen molar-refractivity contribution < 1.29 is 9.53 Å². The first-order valence-corrected chi connectivity index (χ1v) is 9.31. The number of nitrogens with zero attached hydrogens (tertiary/aromatic N) is 4. The van der Waals surface area contributed by atoms with Crippen LogP contribution in [0.1, 0.15) is 36.9 Å². The zero-order chi connectivity index (χ0) is 17.4. The van der Waals surface area contributed by atoms with E-state index in [2.05, 4.69) is 10.00 Å². The standard InChI is InChI=1S/C18H26N4O3/c1-20-17(23)10-13-11-21(7-6-14(13)19-20)12-18(24)22-8-9-25-16-5-3-2-4-15(16)22/h10,15-16H,2-9,11-12H2,1H3. The van der Waals surface area contributed by atoms with Crippen molar-refractivity contribution in [2.24, 2.45) is 7.05 Å². The third-order valence-electron chi connectivity index (χ3n) is 5.73. The molecule has 1 saturated carbocycles. The highest BCUT2D eigenvalue weighted by atomic mass is 16.5. The molecule has 2 fully saturated rings. The molecule has 2 unspecified atom stereocenters. The van der Waals surface area contributed by atoms with E-state index in [-0.39, 0.29) is 23.6 Å². The first-order valence-electron chi connectivity index (χ1n) is 9.31. The largest absolute Gasteiger partial charge is 0.374 e. The smallest absolute Gasteiger partial charge is 0.266 e. The van der Waals surface area contributed by atoms with Gasteiger partial charge in [0.05, 0.1) is 31.0 Å². The molecule has 1 aromatic rings. The van der Waals surface area contributed by atoms with E-state index in [4.69, 9.17) is 4.74 Å². The Hall–Kier alpha value is -1.73. The van der Waals surface area contributed by atoms with Gasteiger partial charge in [0, 0.05) is 39.2 Å². The van der Waals surface area contributed by atoms with Crippen LogP contribution in [0.25, 0.3) is 0 Å². The average Bonchev–Trinajstić information content (AvgIpc) is 2.62. The maximum atomic E-state index is 12.9. The summed E-state index contributed by atoms with van der Waals surface area (Å²) in [5.74, 6) is 0.195. The van der Waals surface area contributed by atoms with Crippen LogP contribution in [0.5, 0.6) is 0 Å². The fourth-order valence-electron chi connectivity index (χ4n) is 4.37. The molecule has 4 rings (SSSR count). The molecule has 3 aliphatic rings. The van der Waals surface area contributed by atoms with Gasteiger partial charge in [-0.05, 0) is 18.4 Å². The Morgan fingerprint density at radius 2 is 2.16 bits per heavy atom. The molecule has 136 valence electrons. The van der Waals surface area contributed by atoms with Gasteiger partial charge in [-0.3, -0.25) is 14.5 Å². The third kappa shape index (κ3) is 3.35. The minimum Gasteiger partial charge on any atom is -0.374 e. The van der Waals surface area contributed by atoms with Crippen molar-refractivity contribution in [2.45, 2.75) is 50.8 Å². The molecule has 1 aromatic heterocycles. The molecular formula is C18H26N4O3. The topological polar surface area (TPSA) is 67.7 Å². The van der Waals surface area contributed by atoms with E-state index in [1.54, 1.807) is 13.1 Å². The minimum atomic E-state index is -0.0925.